The van der Waals surface area contributed by atoms with Gasteiger partial charge in [-0.1, -0.05) is 0 Å². The van der Waals surface area contributed by atoms with E-state index in [0.29, 0.717) is 17.2 Å². The van der Waals surface area contributed by atoms with Gasteiger partial charge in [-0.2, -0.15) is 0 Å². The highest BCUT2D eigenvalue weighted by atomic mass is 19.1. The Morgan fingerprint density at radius 1 is 1.31 bits per heavy atom. The minimum absolute atomic E-state index is 0.352. The highest BCUT2D eigenvalue weighted by molar-refractivity contribution is 5.74. The lowest BCUT2D eigenvalue weighted by Gasteiger charge is -1.96. The van der Waals surface area contributed by atoms with Crippen molar-refractivity contribution in [2.24, 2.45) is 0 Å². The van der Waals surface area contributed by atoms with Crippen LogP contribution < -0.4 is 5.73 Å². The molecule has 0 spiro atoms. The van der Waals surface area contributed by atoms with Crippen LogP contribution in [0, 0.1) is 5.82 Å². The Labute approximate surface area is 90.1 Å². The molecule has 0 atom stereocenters. The summed E-state index contributed by atoms with van der Waals surface area (Å²) in [5.41, 5.74) is 7.87. The van der Waals surface area contributed by atoms with E-state index in [2.05, 4.69) is 4.98 Å². The molecule has 0 saturated heterocycles. The number of nitrogen functional groups attached to an aromatic ring is 1. The molecule has 3 rings (SSSR count). The lowest BCUT2D eigenvalue weighted by atomic mass is 10.2. The van der Waals surface area contributed by atoms with E-state index in [-0.39, 0.29) is 5.82 Å². The average molecular weight is 217 g/mol. The van der Waals surface area contributed by atoms with E-state index in [4.69, 9.17) is 10.2 Å². The zero-order valence-corrected chi connectivity index (χ0v) is 8.22. The molecule has 0 aliphatic rings. The van der Waals surface area contributed by atoms with Gasteiger partial charge >= 0.3 is 0 Å². The zero-order chi connectivity index (χ0) is 11.1. The third-order valence-corrected chi connectivity index (χ3v) is 2.41. The zero-order valence-electron chi connectivity index (χ0n) is 8.22. The van der Waals surface area contributed by atoms with Crippen LogP contribution in [0.15, 0.2) is 41.3 Å². The highest BCUT2D eigenvalue weighted by Crippen LogP contribution is 2.26. The summed E-state index contributed by atoms with van der Waals surface area (Å²) in [5, 5.41) is 0. The fraction of sp³-hybridized carbons (Fsp3) is 0. The Morgan fingerprint density at radius 2 is 2.19 bits per heavy atom. The van der Waals surface area contributed by atoms with Gasteiger partial charge in [-0.05, 0) is 18.2 Å². The van der Waals surface area contributed by atoms with Crippen LogP contribution in [0.3, 0.4) is 0 Å². The van der Waals surface area contributed by atoms with E-state index >= 15 is 0 Å². The summed E-state index contributed by atoms with van der Waals surface area (Å²) in [5.74, 6) is 0.0474. The summed E-state index contributed by atoms with van der Waals surface area (Å²) in [6.07, 6.45) is 4.40. The first kappa shape index (κ1) is 8.96. The summed E-state index contributed by atoms with van der Waals surface area (Å²) in [4.78, 5) is 4.31. The molecule has 0 radical (unpaired) electrons. The number of furan rings is 1. The number of nitrogens with two attached hydrogens (primary N) is 1. The van der Waals surface area contributed by atoms with Gasteiger partial charge in [0.15, 0.2) is 0 Å². The fourth-order valence-corrected chi connectivity index (χ4v) is 1.65. The molecule has 2 N–H and O–H groups in total. The first-order chi connectivity index (χ1) is 7.75. The second-order valence-electron chi connectivity index (χ2n) is 3.43. The number of anilines is 1. The first-order valence-corrected chi connectivity index (χ1v) is 4.71. The summed E-state index contributed by atoms with van der Waals surface area (Å²) in [6.45, 7) is 0. The number of halogens is 1. The fourth-order valence-electron chi connectivity index (χ4n) is 1.65. The lowest BCUT2D eigenvalue weighted by molar-refractivity contribution is 0.568. The van der Waals surface area contributed by atoms with Gasteiger partial charge in [-0.25, -0.2) is 9.37 Å². The van der Waals surface area contributed by atoms with Crippen molar-refractivity contribution in [3.63, 3.8) is 0 Å². The molecule has 0 amide bonds. The number of hydrogen-bond acceptors (Lipinski definition) is 3. The first-order valence-electron chi connectivity index (χ1n) is 4.71. The van der Waals surface area contributed by atoms with Crippen LogP contribution in [0.4, 0.5) is 10.2 Å². The van der Waals surface area contributed by atoms with Crippen LogP contribution in [0.5, 0.6) is 0 Å². The summed E-state index contributed by atoms with van der Waals surface area (Å²) in [7, 11) is 0. The maximum absolute atomic E-state index is 13.0. The number of pyridine rings is 1. The maximum Gasteiger partial charge on any atom is 0.140 e. The van der Waals surface area contributed by atoms with Gasteiger partial charge in [0.2, 0.25) is 0 Å². The van der Waals surface area contributed by atoms with Crippen LogP contribution >= 0.6 is 0 Å². The molecule has 16 heavy (non-hydrogen) atoms. The Hall–Kier alpha value is -2.30. The molecule has 5 heteroatoms. The number of rotatable bonds is 1. The van der Waals surface area contributed by atoms with Crippen LogP contribution in [0.2, 0.25) is 0 Å². The van der Waals surface area contributed by atoms with Gasteiger partial charge in [0.05, 0.1) is 12.5 Å². The molecule has 0 aromatic carbocycles. The summed E-state index contributed by atoms with van der Waals surface area (Å²) < 4.78 is 19.5. The lowest BCUT2D eigenvalue weighted by Crippen LogP contribution is -1.94. The minimum Gasteiger partial charge on any atom is -0.472 e. The van der Waals surface area contributed by atoms with Gasteiger partial charge in [0, 0.05) is 11.8 Å². The third-order valence-electron chi connectivity index (χ3n) is 2.41. The van der Waals surface area contributed by atoms with E-state index in [0.717, 1.165) is 5.56 Å². The normalized spacial score (nSPS) is 11.1. The Balaban J connectivity index is 2.32. The quantitative estimate of drug-likeness (QED) is 0.680. The van der Waals surface area contributed by atoms with Crippen molar-refractivity contribution >= 4 is 11.5 Å². The maximum atomic E-state index is 13.0. The molecular formula is C11H8FN3O. The second kappa shape index (κ2) is 3.10. The van der Waals surface area contributed by atoms with Crippen molar-refractivity contribution in [3.8, 4) is 11.3 Å². The van der Waals surface area contributed by atoms with Crippen molar-refractivity contribution in [1.29, 1.82) is 0 Å². The van der Waals surface area contributed by atoms with Crippen molar-refractivity contribution in [2.75, 3.05) is 5.73 Å². The molecule has 0 saturated carbocycles. The highest BCUT2D eigenvalue weighted by Gasteiger charge is 2.12. The van der Waals surface area contributed by atoms with E-state index in [1.165, 1.54) is 16.7 Å². The minimum atomic E-state index is -0.352. The molecule has 3 aromatic rings. The molecule has 80 valence electrons. The number of hydrogen-bond donors (Lipinski definition) is 1. The molecule has 0 aliphatic heterocycles. The Morgan fingerprint density at radius 3 is 2.94 bits per heavy atom. The van der Waals surface area contributed by atoms with E-state index in [9.17, 15) is 4.39 Å². The molecule has 0 fully saturated rings. The van der Waals surface area contributed by atoms with Crippen LogP contribution in [0.25, 0.3) is 16.9 Å². The molecular weight excluding hydrogens is 209 g/mol. The second-order valence-corrected chi connectivity index (χ2v) is 3.43. The molecule has 4 nitrogen and oxygen atoms in total. The molecule has 3 aromatic heterocycles. The standard InChI is InChI=1S/C11H8FN3O/c12-8-1-2-9-14-10(7-3-4-16-6-7)11(13)15(9)5-8/h1-6H,13H2. The van der Waals surface area contributed by atoms with Crippen molar-refractivity contribution in [1.82, 2.24) is 9.38 Å². The van der Waals surface area contributed by atoms with Crippen LogP contribution in [-0.4, -0.2) is 9.38 Å². The van der Waals surface area contributed by atoms with E-state index in [1.54, 1.807) is 24.7 Å². The predicted octanol–water partition coefficient (Wildman–Crippen LogP) is 2.32. The van der Waals surface area contributed by atoms with Gasteiger partial charge in [-0.15, -0.1) is 0 Å². The third kappa shape index (κ3) is 1.18. The van der Waals surface area contributed by atoms with Gasteiger partial charge in [0.1, 0.15) is 23.0 Å². The topological polar surface area (TPSA) is 56.5 Å². The summed E-state index contributed by atoms with van der Waals surface area (Å²) >= 11 is 0. The van der Waals surface area contributed by atoms with Crippen LogP contribution in [0.1, 0.15) is 0 Å². The molecule has 0 aliphatic carbocycles. The Kier molecular flexibility index (Phi) is 1.73. The van der Waals surface area contributed by atoms with Gasteiger partial charge in [0.25, 0.3) is 0 Å². The smallest absolute Gasteiger partial charge is 0.140 e. The Bertz CT molecular complexity index is 643. The molecule has 0 bridgehead atoms. The van der Waals surface area contributed by atoms with Gasteiger partial charge in [-0.3, -0.25) is 4.40 Å². The molecule has 0 unspecified atom stereocenters. The van der Waals surface area contributed by atoms with E-state index in [1.807, 2.05) is 0 Å². The van der Waals surface area contributed by atoms with Crippen LogP contribution in [-0.2, 0) is 0 Å². The largest absolute Gasteiger partial charge is 0.472 e. The van der Waals surface area contributed by atoms with Crippen molar-refractivity contribution < 1.29 is 8.81 Å². The SMILES string of the molecule is Nc1c(-c2ccoc2)nc2ccc(F)cn12. The van der Waals surface area contributed by atoms with E-state index < -0.39 is 0 Å². The summed E-state index contributed by atoms with van der Waals surface area (Å²) in [6, 6.07) is 4.69. The monoisotopic (exact) mass is 217 g/mol. The number of nitrogens with zero attached hydrogens (tertiary/aromatic N) is 2. The predicted molar refractivity (Wildman–Crippen MR) is 57.3 cm³/mol. The number of aromatic nitrogens is 2. The number of imidazole rings is 1. The van der Waals surface area contributed by atoms with Gasteiger partial charge < -0.3 is 10.2 Å². The average Bonchev–Trinajstić information content (AvgIpc) is 2.87. The van der Waals surface area contributed by atoms with Crippen molar-refractivity contribution in [2.45, 2.75) is 0 Å². The number of fused-ring (bicyclic) bond motifs is 1. The van der Waals surface area contributed by atoms with Crippen molar-refractivity contribution in [3.05, 3.63) is 42.7 Å². The molecule has 3 heterocycles.